The predicted octanol–water partition coefficient (Wildman–Crippen LogP) is 4.44. The molecular weight excluding hydrogens is 306 g/mol. The second-order valence-corrected chi connectivity index (χ2v) is 5.98. The minimum atomic E-state index is -0.221. The molecular formula is C18H17N3OS. The Morgan fingerprint density at radius 3 is 2.57 bits per heavy atom. The number of benzene rings is 2. The molecule has 3 rings (SSSR count). The topological polar surface area (TPSA) is 54.0 Å². The van der Waals surface area contributed by atoms with E-state index in [1.54, 1.807) is 11.3 Å². The fraction of sp³-hybridized carbons (Fsp3) is 0.111. The average molecular weight is 323 g/mol. The van der Waals surface area contributed by atoms with E-state index in [1.807, 2.05) is 66.9 Å². The zero-order valence-electron chi connectivity index (χ0n) is 12.7. The van der Waals surface area contributed by atoms with Crippen molar-refractivity contribution in [1.29, 1.82) is 0 Å². The maximum absolute atomic E-state index is 12.0. The number of nitrogens with zero attached hydrogens (tertiary/aromatic N) is 1. The van der Waals surface area contributed by atoms with Crippen molar-refractivity contribution >= 4 is 23.1 Å². The summed E-state index contributed by atoms with van der Waals surface area (Å²) in [5, 5.41) is 8.71. The van der Waals surface area contributed by atoms with E-state index in [0.29, 0.717) is 6.54 Å². The predicted molar refractivity (Wildman–Crippen MR) is 94.6 cm³/mol. The molecule has 0 aliphatic carbocycles. The Kier molecular flexibility index (Phi) is 4.68. The summed E-state index contributed by atoms with van der Waals surface area (Å²) < 4.78 is 0. The molecule has 3 aromatic rings. The smallest absolute Gasteiger partial charge is 0.319 e. The first-order valence-corrected chi connectivity index (χ1v) is 8.20. The standard InChI is InChI=1S/C18H17N3OS/c1-13-12-23-17(20-13)16-10-6-5-7-14(16)11-19-18(22)21-15-8-3-2-4-9-15/h2-10,12H,11H2,1H3,(H2,19,21,22). The van der Waals surface area contributed by atoms with Crippen molar-refractivity contribution in [3.8, 4) is 10.6 Å². The summed E-state index contributed by atoms with van der Waals surface area (Å²) in [6.07, 6.45) is 0. The van der Waals surface area contributed by atoms with E-state index in [-0.39, 0.29) is 6.03 Å². The van der Waals surface area contributed by atoms with Crippen LogP contribution in [0.1, 0.15) is 11.3 Å². The number of carbonyl (C=O) groups is 1. The number of rotatable bonds is 4. The molecule has 0 atom stereocenters. The van der Waals surface area contributed by atoms with Crippen LogP contribution in [0.2, 0.25) is 0 Å². The van der Waals surface area contributed by atoms with E-state index in [9.17, 15) is 4.79 Å². The van der Waals surface area contributed by atoms with Gasteiger partial charge in [-0.3, -0.25) is 0 Å². The molecule has 0 aliphatic rings. The monoisotopic (exact) mass is 323 g/mol. The molecule has 0 spiro atoms. The molecule has 1 heterocycles. The Morgan fingerprint density at radius 1 is 1.09 bits per heavy atom. The summed E-state index contributed by atoms with van der Waals surface area (Å²) >= 11 is 1.61. The molecule has 1 aromatic heterocycles. The first-order valence-electron chi connectivity index (χ1n) is 7.32. The Balaban J connectivity index is 1.68. The summed E-state index contributed by atoms with van der Waals surface area (Å²) in [6, 6.07) is 17.2. The molecule has 0 saturated heterocycles. The number of thiazole rings is 1. The molecule has 116 valence electrons. The van der Waals surface area contributed by atoms with Crippen LogP contribution in [0.15, 0.2) is 60.0 Å². The Hall–Kier alpha value is -2.66. The van der Waals surface area contributed by atoms with Crippen molar-refractivity contribution in [2.24, 2.45) is 0 Å². The Bertz CT molecular complexity index is 799. The maximum atomic E-state index is 12.0. The molecule has 2 aromatic carbocycles. The number of anilines is 1. The van der Waals surface area contributed by atoms with Gasteiger partial charge in [-0.1, -0.05) is 42.5 Å². The highest BCUT2D eigenvalue weighted by Crippen LogP contribution is 2.26. The van der Waals surface area contributed by atoms with Gasteiger partial charge in [-0.05, 0) is 24.6 Å². The van der Waals surface area contributed by atoms with E-state index in [1.165, 1.54) is 0 Å². The van der Waals surface area contributed by atoms with Gasteiger partial charge in [0.2, 0.25) is 0 Å². The number of nitrogens with one attached hydrogen (secondary N) is 2. The van der Waals surface area contributed by atoms with E-state index >= 15 is 0 Å². The highest BCUT2D eigenvalue weighted by molar-refractivity contribution is 7.13. The Labute approximate surface area is 139 Å². The van der Waals surface area contributed by atoms with Crippen molar-refractivity contribution < 1.29 is 4.79 Å². The van der Waals surface area contributed by atoms with Crippen molar-refractivity contribution in [1.82, 2.24) is 10.3 Å². The van der Waals surface area contributed by atoms with Gasteiger partial charge in [0, 0.05) is 28.9 Å². The lowest BCUT2D eigenvalue weighted by Crippen LogP contribution is -2.28. The van der Waals surface area contributed by atoms with Crippen molar-refractivity contribution in [2.45, 2.75) is 13.5 Å². The first-order chi connectivity index (χ1) is 11.2. The van der Waals surface area contributed by atoms with Crippen LogP contribution in [-0.4, -0.2) is 11.0 Å². The zero-order valence-corrected chi connectivity index (χ0v) is 13.6. The van der Waals surface area contributed by atoms with Gasteiger partial charge in [0.1, 0.15) is 5.01 Å². The van der Waals surface area contributed by atoms with Crippen LogP contribution >= 0.6 is 11.3 Å². The number of urea groups is 1. The molecule has 5 heteroatoms. The van der Waals surface area contributed by atoms with Crippen molar-refractivity contribution in [2.75, 3.05) is 5.32 Å². The van der Waals surface area contributed by atoms with E-state index < -0.39 is 0 Å². The highest BCUT2D eigenvalue weighted by Gasteiger charge is 2.09. The third kappa shape index (κ3) is 3.96. The maximum Gasteiger partial charge on any atom is 0.319 e. The minimum absolute atomic E-state index is 0.221. The van der Waals surface area contributed by atoms with E-state index in [2.05, 4.69) is 15.6 Å². The summed E-state index contributed by atoms with van der Waals surface area (Å²) in [5.74, 6) is 0. The van der Waals surface area contributed by atoms with Crippen molar-refractivity contribution in [3.63, 3.8) is 0 Å². The summed E-state index contributed by atoms with van der Waals surface area (Å²) in [5.41, 5.74) is 3.89. The van der Waals surface area contributed by atoms with E-state index in [4.69, 9.17) is 0 Å². The van der Waals surface area contributed by atoms with Crippen LogP contribution < -0.4 is 10.6 Å². The number of hydrogen-bond acceptors (Lipinski definition) is 3. The lowest BCUT2D eigenvalue weighted by Gasteiger charge is -2.10. The van der Waals surface area contributed by atoms with Gasteiger partial charge >= 0.3 is 6.03 Å². The Morgan fingerprint density at radius 2 is 1.83 bits per heavy atom. The normalized spacial score (nSPS) is 10.3. The number of hydrogen-bond donors (Lipinski definition) is 2. The lowest BCUT2D eigenvalue weighted by molar-refractivity contribution is 0.252. The van der Waals surface area contributed by atoms with Gasteiger partial charge in [-0.2, -0.15) is 0 Å². The van der Waals surface area contributed by atoms with Gasteiger partial charge in [-0.15, -0.1) is 11.3 Å². The first kappa shape index (κ1) is 15.2. The number of aryl methyl sites for hydroxylation is 1. The lowest BCUT2D eigenvalue weighted by atomic mass is 10.1. The van der Waals surface area contributed by atoms with Crippen molar-refractivity contribution in [3.05, 3.63) is 71.2 Å². The molecule has 0 aliphatic heterocycles. The van der Waals surface area contributed by atoms with Crippen LogP contribution in [0.4, 0.5) is 10.5 Å². The molecule has 4 nitrogen and oxygen atoms in total. The van der Waals surface area contributed by atoms with Crippen LogP contribution in [0, 0.1) is 6.92 Å². The SMILES string of the molecule is Cc1csc(-c2ccccc2CNC(=O)Nc2ccccc2)n1. The van der Waals surface area contributed by atoms with E-state index in [0.717, 1.165) is 27.5 Å². The van der Waals surface area contributed by atoms with Crippen LogP contribution in [0.5, 0.6) is 0 Å². The molecule has 0 saturated carbocycles. The number of carbonyl (C=O) groups excluding carboxylic acids is 1. The van der Waals surface area contributed by atoms with Gasteiger partial charge < -0.3 is 10.6 Å². The largest absolute Gasteiger partial charge is 0.334 e. The van der Waals surface area contributed by atoms with Gasteiger partial charge in [0.15, 0.2) is 0 Å². The number of amides is 2. The van der Waals surface area contributed by atoms with Crippen LogP contribution in [0.25, 0.3) is 10.6 Å². The fourth-order valence-electron chi connectivity index (χ4n) is 2.23. The average Bonchev–Trinajstić information content (AvgIpc) is 3.00. The third-order valence-electron chi connectivity index (χ3n) is 3.34. The van der Waals surface area contributed by atoms with Gasteiger partial charge in [-0.25, -0.2) is 9.78 Å². The number of aromatic nitrogens is 1. The third-order valence-corrected chi connectivity index (χ3v) is 4.33. The van der Waals surface area contributed by atoms with Crippen LogP contribution in [0.3, 0.4) is 0 Å². The zero-order chi connectivity index (χ0) is 16.1. The second-order valence-electron chi connectivity index (χ2n) is 5.12. The second kappa shape index (κ2) is 7.07. The van der Waals surface area contributed by atoms with Gasteiger partial charge in [0.05, 0.1) is 0 Å². The van der Waals surface area contributed by atoms with Gasteiger partial charge in [0.25, 0.3) is 0 Å². The quantitative estimate of drug-likeness (QED) is 0.746. The summed E-state index contributed by atoms with van der Waals surface area (Å²) in [6.45, 7) is 2.43. The molecule has 0 fully saturated rings. The molecule has 0 bridgehead atoms. The number of para-hydroxylation sites is 1. The highest BCUT2D eigenvalue weighted by atomic mass is 32.1. The van der Waals surface area contributed by atoms with Crippen LogP contribution in [-0.2, 0) is 6.54 Å². The molecule has 0 radical (unpaired) electrons. The summed E-state index contributed by atoms with van der Waals surface area (Å²) in [4.78, 5) is 16.5. The molecule has 23 heavy (non-hydrogen) atoms. The molecule has 2 amide bonds. The molecule has 2 N–H and O–H groups in total. The minimum Gasteiger partial charge on any atom is -0.334 e. The molecule has 0 unspecified atom stereocenters. The summed E-state index contributed by atoms with van der Waals surface area (Å²) in [7, 11) is 0. The fourth-order valence-corrected chi connectivity index (χ4v) is 3.09.